The molecule has 2 aromatic heterocycles. The van der Waals surface area contributed by atoms with Gasteiger partial charge < -0.3 is 15.2 Å². The molecule has 0 saturated heterocycles. The van der Waals surface area contributed by atoms with Gasteiger partial charge in [-0.05, 0) is 52.9 Å². The van der Waals surface area contributed by atoms with Gasteiger partial charge in [-0.3, -0.25) is 0 Å². The van der Waals surface area contributed by atoms with Gasteiger partial charge in [0.15, 0.2) is 0 Å². The van der Waals surface area contributed by atoms with E-state index in [0.29, 0.717) is 17.4 Å². The van der Waals surface area contributed by atoms with Crippen LogP contribution in [-0.2, 0) is 0 Å². The maximum atomic E-state index is 5.91. The molecule has 3 rings (SSSR count). The molecule has 0 bridgehead atoms. The fourth-order valence-corrected chi connectivity index (χ4v) is 2.12. The molecule has 0 saturated carbocycles. The zero-order valence-electron chi connectivity index (χ0n) is 9.22. The van der Waals surface area contributed by atoms with Crippen molar-refractivity contribution in [1.29, 1.82) is 0 Å². The summed E-state index contributed by atoms with van der Waals surface area (Å²) in [6, 6.07) is 9.44. The van der Waals surface area contributed by atoms with E-state index in [1.54, 1.807) is 0 Å². The Morgan fingerprint density at radius 1 is 1.28 bits per heavy atom. The summed E-state index contributed by atoms with van der Waals surface area (Å²) < 4.78 is 6.31. The molecule has 3 aromatic rings. The van der Waals surface area contributed by atoms with Gasteiger partial charge in [0.2, 0.25) is 5.82 Å². The third kappa shape index (κ3) is 1.99. The van der Waals surface area contributed by atoms with Gasteiger partial charge in [-0.15, -0.1) is 0 Å². The minimum Gasteiger partial charge on any atom is -0.398 e. The lowest BCUT2D eigenvalue weighted by molar-refractivity contribution is 0.432. The molecule has 2 heterocycles. The molecule has 5 nitrogen and oxygen atoms in total. The number of rotatable bonds is 2. The Morgan fingerprint density at radius 2 is 2.17 bits per heavy atom. The Balaban J connectivity index is 2.05. The molecule has 0 unspecified atom stereocenters. The summed E-state index contributed by atoms with van der Waals surface area (Å²) in [5.41, 5.74) is 8.10. The fourth-order valence-electron chi connectivity index (χ4n) is 1.63. The van der Waals surface area contributed by atoms with Crippen LogP contribution in [0.3, 0.4) is 0 Å². The number of nitrogens with two attached hydrogens (primary N) is 1. The topological polar surface area (TPSA) is 80.7 Å². The normalized spacial score (nSPS) is 10.7. The Kier molecular flexibility index (Phi) is 2.78. The Hall–Kier alpha value is -1.83. The number of nitrogen functional groups attached to an aromatic ring is 1. The highest BCUT2D eigenvalue weighted by atomic mass is 127. The SMILES string of the molecule is Nc1ccc(I)cc1-c1nc(-c2ccc[nH]2)no1. The second kappa shape index (κ2) is 4.45. The average molecular weight is 352 g/mol. The zero-order chi connectivity index (χ0) is 12.5. The number of nitrogens with zero attached hydrogens (tertiary/aromatic N) is 2. The molecular weight excluding hydrogens is 343 g/mol. The van der Waals surface area contributed by atoms with E-state index < -0.39 is 0 Å². The molecule has 90 valence electrons. The van der Waals surface area contributed by atoms with Crippen LogP contribution in [0.1, 0.15) is 0 Å². The number of benzene rings is 1. The molecule has 0 atom stereocenters. The molecule has 0 spiro atoms. The molecule has 0 aliphatic heterocycles. The van der Waals surface area contributed by atoms with Gasteiger partial charge in [0.25, 0.3) is 5.89 Å². The lowest BCUT2D eigenvalue weighted by Gasteiger charge is -2.00. The maximum absolute atomic E-state index is 5.91. The lowest BCUT2D eigenvalue weighted by atomic mass is 10.2. The van der Waals surface area contributed by atoms with Gasteiger partial charge in [0.05, 0.1) is 11.3 Å². The van der Waals surface area contributed by atoms with Crippen LogP contribution in [0.4, 0.5) is 5.69 Å². The number of hydrogen-bond acceptors (Lipinski definition) is 4. The zero-order valence-corrected chi connectivity index (χ0v) is 11.4. The van der Waals surface area contributed by atoms with Gasteiger partial charge in [-0.25, -0.2) is 0 Å². The monoisotopic (exact) mass is 352 g/mol. The lowest BCUT2D eigenvalue weighted by Crippen LogP contribution is -1.90. The van der Waals surface area contributed by atoms with Crippen molar-refractivity contribution >= 4 is 28.3 Å². The number of anilines is 1. The minimum atomic E-state index is 0.426. The Labute approximate surface area is 117 Å². The first-order valence-electron chi connectivity index (χ1n) is 5.27. The van der Waals surface area contributed by atoms with Crippen molar-refractivity contribution < 1.29 is 4.52 Å². The first kappa shape index (κ1) is 11.3. The first-order chi connectivity index (χ1) is 8.74. The summed E-state index contributed by atoms with van der Waals surface area (Å²) in [5, 5.41) is 3.93. The van der Waals surface area contributed by atoms with E-state index in [9.17, 15) is 0 Å². The van der Waals surface area contributed by atoms with Crippen molar-refractivity contribution in [2.75, 3.05) is 5.73 Å². The number of halogens is 1. The smallest absolute Gasteiger partial charge is 0.260 e. The van der Waals surface area contributed by atoms with Gasteiger partial charge >= 0.3 is 0 Å². The third-order valence-corrected chi connectivity index (χ3v) is 3.18. The van der Waals surface area contributed by atoms with E-state index in [1.165, 1.54) is 0 Å². The van der Waals surface area contributed by atoms with Crippen LogP contribution in [0.15, 0.2) is 41.1 Å². The van der Waals surface area contributed by atoms with E-state index in [0.717, 1.165) is 14.8 Å². The predicted octanol–water partition coefficient (Wildman–Crippen LogP) is 2.92. The van der Waals surface area contributed by atoms with Crippen molar-refractivity contribution in [1.82, 2.24) is 15.1 Å². The molecular formula is C12H9IN4O. The first-order valence-corrected chi connectivity index (χ1v) is 6.35. The predicted molar refractivity (Wildman–Crippen MR) is 76.7 cm³/mol. The van der Waals surface area contributed by atoms with Gasteiger partial charge in [0.1, 0.15) is 0 Å². The van der Waals surface area contributed by atoms with Crippen molar-refractivity contribution in [2.24, 2.45) is 0 Å². The van der Waals surface area contributed by atoms with Crippen LogP contribution >= 0.6 is 22.6 Å². The third-order valence-electron chi connectivity index (χ3n) is 2.51. The van der Waals surface area contributed by atoms with E-state index in [-0.39, 0.29) is 0 Å². The molecule has 0 amide bonds. The summed E-state index contributed by atoms with van der Waals surface area (Å²) >= 11 is 2.21. The minimum absolute atomic E-state index is 0.426. The van der Waals surface area contributed by atoms with Crippen molar-refractivity contribution in [3.63, 3.8) is 0 Å². The summed E-state index contributed by atoms with van der Waals surface area (Å²) in [4.78, 5) is 7.36. The fraction of sp³-hybridized carbons (Fsp3) is 0. The van der Waals surface area contributed by atoms with Gasteiger partial charge in [0, 0.05) is 15.5 Å². The summed E-state index contributed by atoms with van der Waals surface area (Å²) in [5.74, 6) is 0.948. The summed E-state index contributed by atoms with van der Waals surface area (Å²) in [6.07, 6.45) is 1.81. The van der Waals surface area contributed by atoms with Gasteiger partial charge in [-0.1, -0.05) is 5.16 Å². The largest absolute Gasteiger partial charge is 0.398 e. The number of aromatic nitrogens is 3. The Morgan fingerprint density at radius 3 is 2.94 bits per heavy atom. The van der Waals surface area contributed by atoms with Crippen molar-refractivity contribution in [2.45, 2.75) is 0 Å². The average Bonchev–Trinajstić information content (AvgIpc) is 3.00. The van der Waals surface area contributed by atoms with Crippen LogP contribution in [0.2, 0.25) is 0 Å². The van der Waals surface area contributed by atoms with Crippen LogP contribution in [0, 0.1) is 3.57 Å². The van der Waals surface area contributed by atoms with Gasteiger partial charge in [-0.2, -0.15) is 4.98 Å². The summed E-state index contributed by atoms with van der Waals surface area (Å²) in [7, 11) is 0. The van der Waals surface area contributed by atoms with Crippen LogP contribution in [0.25, 0.3) is 23.0 Å². The number of aromatic amines is 1. The number of nitrogens with one attached hydrogen (secondary N) is 1. The highest BCUT2D eigenvalue weighted by molar-refractivity contribution is 14.1. The molecule has 0 aliphatic rings. The molecule has 6 heteroatoms. The second-order valence-corrected chi connectivity index (χ2v) is 4.98. The molecule has 1 aromatic carbocycles. The molecule has 0 aliphatic carbocycles. The standard InChI is InChI=1S/C12H9IN4O/c13-7-3-4-9(14)8(6-7)12-16-11(17-18-12)10-2-1-5-15-10/h1-6,15H,14H2. The van der Waals surface area contributed by atoms with Crippen molar-refractivity contribution in [3.8, 4) is 23.0 Å². The molecule has 3 N–H and O–H groups in total. The quantitative estimate of drug-likeness (QED) is 0.549. The Bertz CT molecular complexity index is 675. The molecule has 18 heavy (non-hydrogen) atoms. The van der Waals surface area contributed by atoms with E-state index in [1.807, 2.05) is 36.5 Å². The molecule has 0 radical (unpaired) electrons. The summed E-state index contributed by atoms with van der Waals surface area (Å²) in [6.45, 7) is 0. The van der Waals surface area contributed by atoms with Crippen LogP contribution in [0.5, 0.6) is 0 Å². The van der Waals surface area contributed by atoms with E-state index >= 15 is 0 Å². The second-order valence-electron chi connectivity index (χ2n) is 3.74. The number of hydrogen-bond donors (Lipinski definition) is 2. The van der Waals surface area contributed by atoms with Crippen molar-refractivity contribution in [3.05, 3.63) is 40.1 Å². The van der Waals surface area contributed by atoms with E-state index in [2.05, 4.69) is 37.7 Å². The number of H-pyrrole nitrogens is 1. The maximum Gasteiger partial charge on any atom is 0.260 e. The van der Waals surface area contributed by atoms with E-state index in [4.69, 9.17) is 10.3 Å². The highest BCUT2D eigenvalue weighted by Gasteiger charge is 2.13. The van der Waals surface area contributed by atoms with Crippen LogP contribution < -0.4 is 5.73 Å². The molecule has 0 fully saturated rings. The highest BCUT2D eigenvalue weighted by Crippen LogP contribution is 2.27. The van der Waals surface area contributed by atoms with Crippen LogP contribution in [-0.4, -0.2) is 15.1 Å².